The van der Waals surface area contributed by atoms with E-state index in [1.165, 1.54) is 23.1 Å². The van der Waals surface area contributed by atoms with Gasteiger partial charge in [-0.3, -0.25) is 4.79 Å². The third-order valence-electron chi connectivity index (χ3n) is 3.75. The molecule has 0 unspecified atom stereocenters. The number of hydrogen-bond acceptors (Lipinski definition) is 5. The van der Waals surface area contributed by atoms with Crippen LogP contribution >= 0.6 is 23.1 Å². The molecule has 0 aliphatic carbocycles. The maximum atomic E-state index is 13.1. The van der Waals surface area contributed by atoms with E-state index in [1.54, 1.807) is 35.7 Å². The molecule has 4 nitrogen and oxygen atoms in total. The van der Waals surface area contributed by atoms with Gasteiger partial charge in [-0.2, -0.15) is 13.2 Å². The van der Waals surface area contributed by atoms with E-state index in [2.05, 4.69) is 10.3 Å². The summed E-state index contributed by atoms with van der Waals surface area (Å²) in [5, 5.41) is 5.21. The highest BCUT2D eigenvalue weighted by Gasteiger charge is 2.33. The van der Waals surface area contributed by atoms with Gasteiger partial charge in [0.25, 0.3) is 5.91 Å². The minimum Gasteiger partial charge on any atom is -0.492 e. The molecule has 2 aromatic heterocycles. The number of ether oxygens (including phenoxy) is 1. The number of benzene rings is 1. The van der Waals surface area contributed by atoms with Crippen LogP contribution in [0.4, 0.5) is 13.2 Å². The summed E-state index contributed by atoms with van der Waals surface area (Å²) >= 11 is 2.53. The van der Waals surface area contributed by atoms with E-state index in [0.29, 0.717) is 45.3 Å². The van der Waals surface area contributed by atoms with Crippen molar-refractivity contribution in [3.63, 3.8) is 0 Å². The summed E-state index contributed by atoms with van der Waals surface area (Å²) in [4.78, 5) is 16.9. The first-order chi connectivity index (χ1) is 13.4. The topological polar surface area (TPSA) is 51.2 Å². The summed E-state index contributed by atoms with van der Waals surface area (Å²) in [6, 6.07) is 9.50. The lowest BCUT2D eigenvalue weighted by Gasteiger charge is -2.12. The molecule has 2 heterocycles. The van der Waals surface area contributed by atoms with E-state index in [4.69, 9.17) is 4.74 Å². The third-order valence-corrected chi connectivity index (χ3v) is 5.70. The van der Waals surface area contributed by atoms with Crippen LogP contribution in [0.1, 0.15) is 22.3 Å². The molecule has 9 heteroatoms. The number of amides is 1. The zero-order valence-corrected chi connectivity index (χ0v) is 16.5. The lowest BCUT2D eigenvalue weighted by Crippen LogP contribution is -2.25. The number of nitrogens with zero attached hydrogens (tertiary/aromatic N) is 1. The van der Waals surface area contributed by atoms with Crippen LogP contribution < -0.4 is 10.1 Å². The Morgan fingerprint density at radius 1 is 1.29 bits per heavy atom. The number of carbonyl (C=O) groups excluding carboxylic acids is 1. The summed E-state index contributed by atoms with van der Waals surface area (Å²) in [6.45, 7) is 2.61. The molecule has 0 saturated heterocycles. The van der Waals surface area contributed by atoms with Crippen molar-refractivity contribution in [2.75, 3.05) is 18.9 Å². The van der Waals surface area contributed by atoms with Crippen LogP contribution in [0.5, 0.6) is 5.75 Å². The van der Waals surface area contributed by atoms with E-state index >= 15 is 0 Å². The molecule has 1 amide bonds. The molecule has 0 bridgehead atoms. The lowest BCUT2D eigenvalue weighted by molar-refractivity contribution is -0.141. The first-order valence-corrected chi connectivity index (χ1v) is 10.3. The molecule has 1 aromatic carbocycles. The number of fused-ring (bicyclic) bond motifs is 1. The number of rotatable bonds is 7. The van der Waals surface area contributed by atoms with E-state index in [9.17, 15) is 18.0 Å². The second-order valence-electron chi connectivity index (χ2n) is 5.67. The minimum atomic E-state index is -4.51. The quantitative estimate of drug-likeness (QED) is 0.415. The van der Waals surface area contributed by atoms with Gasteiger partial charge in [0.05, 0.1) is 12.1 Å². The number of nitrogens with one attached hydrogen (secondary N) is 1. The average molecular weight is 426 g/mol. The van der Waals surface area contributed by atoms with Crippen molar-refractivity contribution in [3.05, 3.63) is 52.3 Å². The number of hydrogen-bond donors (Lipinski definition) is 1. The van der Waals surface area contributed by atoms with Gasteiger partial charge >= 0.3 is 6.18 Å². The van der Waals surface area contributed by atoms with E-state index < -0.39 is 11.9 Å². The highest BCUT2D eigenvalue weighted by molar-refractivity contribution is 7.99. The van der Waals surface area contributed by atoms with Crippen LogP contribution in [0.2, 0.25) is 0 Å². The van der Waals surface area contributed by atoms with E-state index in [0.717, 1.165) is 6.07 Å². The van der Waals surface area contributed by atoms with Gasteiger partial charge in [-0.15, -0.1) is 23.1 Å². The predicted molar refractivity (Wildman–Crippen MR) is 105 cm³/mol. The molecule has 1 N–H and O–H groups in total. The van der Waals surface area contributed by atoms with E-state index in [1.807, 2.05) is 6.92 Å². The van der Waals surface area contributed by atoms with Gasteiger partial charge in [0.1, 0.15) is 16.3 Å². The number of alkyl halides is 3. The minimum absolute atomic E-state index is 0.255. The summed E-state index contributed by atoms with van der Waals surface area (Å²) in [5.74, 6) is 0.703. The van der Waals surface area contributed by atoms with Crippen LogP contribution in [0.3, 0.4) is 0 Å². The Bertz CT molecular complexity index is 973. The molecule has 3 rings (SSSR count). The number of aromatic nitrogens is 1. The SMILES string of the molecule is CCOc1ccsc1C(=O)NCCSc1cc(C(F)(F)F)nc2ccccc12. The second kappa shape index (κ2) is 8.83. The summed E-state index contributed by atoms with van der Waals surface area (Å²) in [5.41, 5.74) is -0.624. The number of thioether (sulfide) groups is 1. The first-order valence-electron chi connectivity index (χ1n) is 8.48. The zero-order valence-electron chi connectivity index (χ0n) is 14.9. The fourth-order valence-corrected chi connectivity index (χ4v) is 4.24. The fraction of sp³-hybridized carbons (Fsp3) is 0.263. The summed E-state index contributed by atoms with van der Waals surface area (Å²) < 4.78 is 44.7. The largest absolute Gasteiger partial charge is 0.492 e. The lowest BCUT2D eigenvalue weighted by atomic mass is 10.2. The number of pyridine rings is 1. The van der Waals surface area contributed by atoms with Crippen molar-refractivity contribution < 1.29 is 22.7 Å². The fourth-order valence-electron chi connectivity index (χ4n) is 2.55. The van der Waals surface area contributed by atoms with Gasteiger partial charge in [-0.05, 0) is 30.5 Å². The molecule has 3 aromatic rings. The Labute approximate surface area is 168 Å². The Morgan fingerprint density at radius 2 is 2.07 bits per heavy atom. The van der Waals surface area contributed by atoms with Crippen molar-refractivity contribution in [1.82, 2.24) is 10.3 Å². The van der Waals surface area contributed by atoms with Crippen molar-refractivity contribution in [2.24, 2.45) is 0 Å². The maximum absolute atomic E-state index is 13.1. The first kappa shape index (κ1) is 20.5. The van der Waals surface area contributed by atoms with Crippen molar-refractivity contribution >= 4 is 39.9 Å². The molecule has 28 heavy (non-hydrogen) atoms. The van der Waals surface area contributed by atoms with Crippen LogP contribution in [-0.2, 0) is 6.18 Å². The number of para-hydroxylation sites is 1. The zero-order chi connectivity index (χ0) is 20.1. The highest BCUT2D eigenvalue weighted by atomic mass is 32.2. The van der Waals surface area contributed by atoms with Gasteiger partial charge in [0.2, 0.25) is 0 Å². The number of halogens is 3. The smallest absolute Gasteiger partial charge is 0.433 e. The Morgan fingerprint density at radius 3 is 2.82 bits per heavy atom. The van der Waals surface area contributed by atoms with Gasteiger partial charge < -0.3 is 10.1 Å². The van der Waals surface area contributed by atoms with Gasteiger partial charge in [-0.25, -0.2) is 4.98 Å². The van der Waals surface area contributed by atoms with Crippen LogP contribution in [0.25, 0.3) is 10.9 Å². The second-order valence-corrected chi connectivity index (χ2v) is 7.72. The molecule has 0 aliphatic heterocycles. The molecule has 148 valence electrons. The average Bonchev–Trinajstić information content (AvgIpc) is 3.12. The molecule has 0 radical (unpaired) electrons. The van der Waals surface area contributed by atoms with Gasteiger partial charge in [0, 0.05) is 22.6 Å². The predicted octanol–water partition coefficient (Wildman–Crippen LogP) is 5.24. The molecule has 0 aliphatic rings. The van der Waals surface area contributed by atoms with E-state index in [-0.39, 0.29) is 5.91 Å². The normalized spacial score (nSPS) is 11.6. The summed E-state index contributed by atoms with van der Waals surface area (Å²) in [7, 11) is 0. The van der Waals surface area contributed by atoms with Crippen molar-refractivity contribution in [1.29, 1.82) is 0 Å². The maximum Gasteiger partial charge on any atom is 0.433 e. The van der Waals surface area contributed by atoms with Gasteiger partial charge in [0.15, 0.2) is 0 Å². The monoisotopic (exact) mass is 426 g/mol. The standard InChI is InChI=1S/C19H17F3N2O2S2/c1-2-26-14-7-9-28-17(14)18(25)23-8-10-27-15-11-16(19(20,21)22)24-13-6-4-3-5-12(13)15/h3-7,9,11H,2,8,10H2,1H3,(H,23,25). The van der Waals surface area contributed by atoms with Crippen LogP contribution in [0.15, 0.2) is 46.7 Å². The molecule has 0 spiro atoms. The molecular weight excluding hydrogens is 409 g/mol. The Hall–Kier alpha value is -2.26. The van der Waals surface area contributed by atoms with Crippen molar-refractivity contribution in [3.8, 4) is 5.75 Å². The highest BCUT2D eigenvalue weighted by Crippen LogP contribution is 2.34. The summed E-state index contributed by atoms with van der Waals surface area (Å²) in [6.07, 6.45) is -4.51. The number of thiophene rings is 1. The Balaban J connectivity index is 1.67. The van der Waals surface area contributed by atoms with Crippen LogP contribution in [-0.4, -0.2) is 29.8 Å². The van der Waals surface area contributed by atoms with Crippen molar-refractivity contribution in [2.45, 2.75) is 18.0 Å². The van der Waals surface area contributed by atoms with Crippen LogP contribution in [0, 0.1) is 0 Å². The molecule has 0 atom stereocenters. The molecular formula is C19H17F3N2O2S2. The molecule has 0 fully saturated rings. The van der Waals surface area contributed by atoms with Gasteiger partial charge in [-0.1, -0.05) is 18.2 Å². The number of carbonyl (C=O) groups is 1. The Kier molecular flexibility index (Phi) is 6.46. The third kappa shape index (κ3) is 4.77. The molecule has 0 saturated carbocycles.